The fourth-order valence-corrected chi connectivity index (χ4v) is 3.45. The van der Waals surface area contributed by atoms with Gasteiger partial charge in [0.25, 0.3) is 0 Å². The second-order valence-electron chi connectivity index (χ2n) is 6.50. The second kappa shape index (κ2) is 6.59. The van der Waals surface area contributed by atoms with Gasteiger partial charge in [0.05, 0.1) is 0 Å². The van der Waals surface area contributed by atoms with Crippen LogP contribution < -0.4 is 5.32 Å². The van der Waals surface area contributed by atoms with Gasteiger partial charge in [0.15, 0.2) is 0 Å². The Labute approximate surface area is 128 Å². The molecule has 0 aliphatic carbocycles. The largest absolute Gasteiger partial charge is 0.314 e. The fraction of sp³-hybridized carbons (Fsp3) is 0.474. The lowest BCUT2D eigenvalue weighted by atomic mass is 9.91. The summed E-state index contributed by atoms with van der Waals surface area (Å²) in [5.74, 6) is 0.712. The van der Waals surface area contributed by atoms with Gasteiger partial charge in [0.1, 0.15) is 0 Å². The SMILES string of the molecule is CC(C)C[C@H](c1cccc2ccccc12)N1CCNCC1. The summed E-state index contributed by atoms with van der Waals surface area (Å²) in [7, 11) is 0. The van der Waals surface area contributed by atoms with E-state index in [1.807, 2.05) is 0 Å². The van der Waals surface area contributed by atoms with Crippen molar-refractivity contribution in [2.45, 2.75) is 26.3 Å². The first-order chi connectivity index (χ1) is 10.3. The van der Waals surface area contributed by atoms with Crippen molar-refractivity contribution in [3.63, 3.8) is 0 Å². The molecule has 1 aliphatic rings. The number of hydrogen-bond donors (Lipinski definition) is 1. The molecule has 112 valence electrons. The summed E-state index contributed by atoms with van der Waals surface area (Å²) >= 11 is 0. The van der Waals surface area contributed by atoms with Crippen molar-refractivity contribution in [3.8, 4) is 0 Å². The van der Waals surface area contributed by atoms with Gasteiger partial charge in [-0.3, -0.25) is 4.90 Å². The van der Waals surface area contributed by atoms with Crippen LogP contribution in [0.2, 0.25) is 0 Å². The van der Waals surface area contributed by atoms with Gasteiger partial charge in [-0.05, 0) is 28.7 Å². The molecule has 2 aromatic rings. The highest BCUT2D eigenvalue weighted by molar-refractivity contribution is 5.86. The lowest BCUT2D eigenvalue weighted by Gasteiger charge is -2.36. The Bertz CT molecular complexity index is 580. The molecule has 2 aromatic carbocycles. The first-order valence-electron chi connectivity index (χ1n) is 8.18. The number of benzene rings is 2. The maximum absolute atomic E-state index is 3.47. The third-order valence-corrected chi connectivity index (χ3v) is 4.47. The average molecular weight is 282 g/mol. The predicted octanol–water partition coefficient (Wildman–Crippen LogP) is 3.83. The molecule has 0 saturated carbocycles. The van der Waals surface area contributed by atoms with Crippen molar-refractivity contribution in [1.29, 1.82) is 0 Å². The van der Waals surface area contributed by atoms with Crippen LogP contribution in [0.5, 0.6) is 0 Å². The van der Waals surface area contributed by atoms with Gasteiger partial charge >= 0.3 is 0 Å². The molecule has 0 bridgehead atoms. The topological polar surface area (TPSA) is 15.3 Å². The van der Waals surface area contributed by atoms with E-state index in [0.29, 0.717) is 12.0 Å². The van der Waals surface area contributed by atoms with Gasteiger partial charge in [-0.2, -0.15) is 0 Å². The molecule has 0 spiro atoms. The summed E-state index contributed by atoms with van der Waals surface area (Å²) in [6.07, 6.45) is 1.23. The van der Waals surface area contributed by atoms with E-state index in [1.54, 1.807) is 0 Å². The normalized spacial score (nSPS) is 18.2. The predicted molar refractivity (Wildman–Crippen MR) is 90.6 cm³/mol. The Morgan fingerprint density at radius 3 is 2.48 bits per heavy atom. The number of fused-ring (bicyclic) bond motifs is 1. The van der Waals surface area contributed by atoms with Crippen molar-refractivity contribution in [2.24, 2.45) is 5.92 Å². The summed E-state index contributed by atoms with van der Waals surface area (Å²) in [6.45, 7) is 9.20. The molecule has 0 amide bonds. The zero-order valence-electron chi connectivity index (χ0n) is 13.2. The Balaban J connectivity index is 2.00. The molecule has 1 heterocycles. The summed E-state index contributed by atoms with van der Waals surface area (Å²) in [5, 5.41) is 6.25. The van der Waals surface area contributed by atoms with Crippen molar-refractivity contribution < 1.29 is 0 Å². The minimum Gasteiger partial charge on any atom is -0.314 e. The van der Waals surface area contributed by atoms with E-state index in [1.165, 1.54) is 22.8 Å². The molecule has 0 unspecified atom stereocenters. The molecule has 1 atom stereocenters. The monoisotopic (exact) mass is 282 g/mol. The van der Waals surface area contributed by atoms with Gasteiger partial charge in [-0.15, -0.1) is 0 Å². The lowest BCUT2D eigenvalue weighted by molar-refractivity contribution is 0.155. The molecule has 1 N–H and O–H groups in total. The third kappa shape index (κ3) is 3.28. The Kier molecular flexibility index (Phi) is 4.57. The maximum Gasteiger partial charge on any atom is 0.0357 e. The highest BCUT2D eigenvalue weighted by Crippen LogP contribution is 2.33. The third-order valence-electron chi connectivity index (χ3n) is 4.47. The quantitative estimate of drug-likeness (QED) is 0.917. The van der Waals surface area contributed by atoms with E-state index >= 15 is 0 Å². The molecule has 2 heteroatoms. The zero-order valence-corrected chi connectivity index (χ0v) is 13.2. The van der Waals surface area contributed by atoms with Crippen LogP contribution in [0.25, 0.3) is 10.8 Å². The molecule has 2 nitrogen and oxygen atoms in total. The van der Waals surface area contributed by atoms with Gasteiger partial charge in [0, 0.05) is 32.2 Å². The first-order valence-corrected chi connectivity index (χ1v) is 8.18. The van der Waals surface area contributed by atoms with E-state index in [9.17, 15) is 0 Å². The molecule has 0 aromatic heterocycles. The summed E-state index contributed by atoms with van der Waals surface area (Å²) in [4.78, 5) is 2.66. The highest BCUT2D eigenvalue weighted by atomic mass is 15.2. The van der Waals surface area contributed by atoms with Crippen LogP contribution in [0.15, 0.2) is 42.5 Å². The van der Waals surface area contributed by atoms with Gasteiger partial charge in [-0.1, -0.05) is 56.3 Å². The Morgan fingerprint density at radius 1 is 1.00 bits per heavy atom. The molecule has 21 heavy (non-hydrogen) atoms. The first kappa shape index (κ1) is 14.6. The van der Waals surface area contributed by atoms with Gasteiger partial charge in [0.2, 0.25) is 0 Å². The van der Waals surface area contributed by atoms with Gasteiger partial charge < -0.3 is 5.32 Å². The van der Waals surface area contributed by atoms with Gasteiger partial charge in [-0.25, -0.2) is 0 Å². The van der Waals surface area contributed by atoms with Crippen LogP contribution in [0.3, 0.4) is 0 Å². The van der Waals surface area contributed by atoms with E-state index in [2.05, 4.69) is 66.5 Å². The number of nitrogens with one attached hydrogen (secondary N) is 1. The minimum atomic E-state index is 0.540. The van der Waals surface area contributed by atoms with E-state index in [-0.39, 0.29) is 0 Å². The molecule has 0 radical (unpaired) electrons. The second-order valence-corrected chi connectivity index (χ2v) is 6.50. The van der Waals surface area contributed by atoms with Crippen molar-refractivity contribution in [1.82, 2.24) is 10.2 Å². The lowest BCUT2D eigenvalue weighted by Crippen LogP contribution is -2.45. The van der Waals surface area contributed by atoms with Crippen LogP contribution in [-0.2, 0) is 0 Å². The van der Waals surface area contributed by atoms with E-state index < -0.39 is 0 Å². The standard InChI is InChI=1S/C19H26N2/c1-15(2)14-19(21-12-10-20-11-13-21)18-9-5-7-16-6-3-4-8-17(16)18/h3-9,15,19-20H,10-14H2,1-2H3/t19-/m1/s1. The molecular formula is C19H26N2. The zero-order chi connectivity index (χ0) is 14.7. The van der Waals surface area contributed by atoms with Crippen LogP contribution in [0, 0.1) is 5.92 Å². The maximum atomic E-state index is 3.47. The van der Waals surface area contributed by atoms with Crippen molar-refractivity contribution in [2.75, 3.05) is 26.2 Å². The molecular weight excluding hydrogens is 256 g/mol. The average Bonchev–Trinajstić information content (AvgIpc) is 2.53. The van der Waals surface area contributed by atoms with Crippen LogP contribution in [0.1, 0.15) is 31.9 Å². The van der Waals surface area contributed by atoms with E-state index in [4.69, 9.17) is 0 Å². The van der Waals surface area contributed by atoms with Crippen molar-refractivity contribution >= 4 is 10.8 Å². The number of rotatable bonds is 4. The van der Waals surface area contributed by atoms with Crippen LogP contribution in [-0.4, -0.2) is 31.1 Å². The summed E-state index contributed by atoms with van der Waals surface area (Å²) in [5.41, 5.74) is 1.50. The number of hydrogen-bond acceptors (Lipinski definition) is 2. The van der Waals surface area contributed by atoms with E-state index in [0.717, 1.165) is 26.2 Å². The number of piperazine rings is 1. The highest BCUT2D eigenvalue weighted by Gasteiger charge is 2.24. The number of nitrogens with zero attached hydrogens (tertiary/aromatic N) is 1. The Morgan fingerprint density at radius 2 is 1.71 bits per heavy atom. The molecule has 3 rings (SSSR count). The summed E-state index contributed by atoms with van der Waals surface area (Å²) < 4.78 is 0. The molecule has 1 aliphatic heterocycles. The molecule has 1 saturated heterocycles. The fourth-order valence-electron chi connectivity index (χ4n) is 3.45. The Hall–Kier alpha value is -1.38. The van der Waals surface area contributed by atoms with Crippen LogP contribution >= 0.6 is 0 Å². The van der Waals surface area contributed by atoms with Crippen molar-refractivity contribution in [3.05, 3.63) is 48.0 Å². The smallest absolute Gasteiger partial charge is 0.0357 e. The summed E-state index contributed by atoms with van der Waals surface area (Å²) in [6, 6.07) is 16.1. The minimum absolute atomic E-state index is 0.540. The molecule has 1 fully saturated rings. The van der Waals surface area contributed by atoms with Crippen LogP contribution in [0.4, 0.5) is 0 Å².